The van der Waals surface area contributed by atoms with E-state index in [0.717, 1.165) is 18.4 Å². The summed E-state index contributed by atoms with van der Waals surface area (Å²) in [5.41, 5.74) is 0.925. The van der Waals surface area contributed by atoms with Gasteiger partial charge in [0.25, 0.3) is 0 Å². The third-order valence-electron chi connectivity index (χ3n) is 3.39. The summed E-state index contributed by atoms with van der Waals surface area (Å²) in [6.07, 6.45) is 6.97. The number of hydrogen-bond donors (Lipinski definition) is 1. The van der Waals surface area contributed by atoms with Crippen molar-refractivity contribution in [2.45, 2.75) is 25.4 Å². The molecule has 1 aliphatic rings. The van der Waals surface area contributed by atoms with Gasteiger partial charge in [-0.2, -0.15) is 10.1 Å². The molecule has 0 amide bonds. The Bertz CT molecular complexity index is 695. The minimum atomic E-state index is -0.463. The van der Waals surface area contributed by atoms with Gasteiger partial charge < -0.3 is 10.2 Å². The average Bonchev–Trinajstić information content (AvgIpc) is 3.19. The van der Waals surface area contributed by atoms with Crippen LogP contribution in [0.5, 0.6) is 0 Å². The predicted molar refractivity (Wildman–Crippen MR) is 80.6 cm³/mol. The average molecular weight is 303 g/mol. The summed E-state index contributed by atoms with van der Waals surface area (Å²) >= 11 is 0. The summed E-state index contributed by atoms with van der Waals surface area (Å²) in [4.78, 5) is 20.8. The van der Waals surface area contributed by atoms with Gasteiger partial charge in [-0.25, -0.2) is 4.98 Å². The van der Waals surface area contributed by atoms with Gasteiger partial charge in [0.05, 0.1) is 11.1 Å². The van der Waals surface area contributed by atoms with Gasteiger partial charge in [-0.15, -0.1) is 0 Å². The first-order chi connectivity index (χ1) is 10.5. The van der Waals surface area contributed by atoms with Gasteiger partial charge in [-0.05, 0) is 12.8 Å². The molecule has 1 saturated carbocycles. The van der Waals surface area contributed by atoms with Crippen LogP contribution in [0.3, 0.4) is 0 Å². The van der Waals surface area contributed by atoms with Gasteiger partial charge in [-0.1, -0.05) is 0 Å². The van der Waals surface area contributed by atoms with E-state index < -0.39 is 4.92 Å². The number of aryl methyl sites for hydroxylation is 1. The zero-order chi connectivity index (χ0) is 15.7. The van der Waals surface area contributed by atoms with E-state index in [1.54, 1.807) is 10.9 Å². The molecule has 0 aliphatic heterocycles. The number of nitrogens with one attached hydrogen (secondary N) is 1. The highest BCUT2D eigenvalue weighted by molar-refractivity contribution is 5.58. The fraction of sp³-hybridized carbons (Fsp3) is 0.462. The van der Waals surface area contributed by atoms with E-state index in [1.165, 1.54) is 6.20 Å². The van der Waals surface area contributed by atoms with Gasteiger partial charge in [0, 0.05) is 38.4 Å². The molecule has 1 fully saturated rings. The van der Waals surface area contributed by atoms with Crippen molar-refractivity contribution in [2.24, 2.45) is 7.05 Å². The summed E-state index contributed by atoms with van der Waals surface area (Å²) < 4.78 is 1.72. The van der Waals surface area contributed by atoms with Gasteiger partial charge in [0.2, 0.25) is 11.8 Å². The first-order valence-electron chi connectivity index (χ1n) is 6.99. The second kappa shape index (κ2) is 5.58. The monoisotopic (exact) mass is 303 g/mol. The molecule has 3 rings (SSSR count). The van der Waals surface area contributed by atoms with Crippen LogP contribution < -0.4 is 10.2 Å². The summed E-state index contributed by atoms with van der Waals surface area (Å²) in [6, 6.07) is 0.282. The van der Waals surface area contributed by atoms with Crippen LogP contribution in [0.25, 0.3) is 0 Å². The SMILES string of the molecule is CN(Cc1cnn(C)c1)c1ncc([N+](=O)[O-])c(NC2CC2)n1. The second-order valence-electron chi connectivity index (χ2n) is 5.46. The number of nitrogens with zero attached hydrogens (tertiary/aromatic N) is 6. The van der Waals surface area contributed by atoms with Crippen molar-refractivity contribution in [3.63, 3.8) is 0 Å². The molecule has 1 N–H and O–H groups in total. The van der Waals surface area contributed by atoms with Crippen LogP contribution in [0.2, 0.25) is 0 Å². The van der Waals surface area contributed by atoms with Crippen molar-refractivity contribution >= 4 is 17.5 Å². The Morgan fingerprint density at radius 1 is 1.50 bits per heavy atom. The van der Waals surface area contributed by atoms with Crippen LogP contribution in [0.1, 0.15) is 18.4 Å². The van der Waals surface area contributed by atoms with Crippen molar-refractivity contribution in [3.05, 3.63) is 34.3 Å². The molecule has 1 aliphatic carbocycles. The lowest BCUT2D eigenvalue weighted by Crippen LogP contribution is -2.20. The normalized spacial score (nSPS) is 13.9. The largest absolute Gasteiger partial charge is 0.361 e. The fourth-order valence-electron chi connectivity index (χ4n) is 2.11. The van der Waals surface area contributed by atoms with E-state index in [0.29, 0.717) is 12.5 Å². The Balaban J connectivity index is 1.81. The predicted octanol–water partition coefficient (Wildman–Crippen LogP) is 1.33. The molecule has 0 atom stereocenters. The van der Waals surface area contributed by atoms with Crippen molar-refractivity contribution in [3.8, 4) is 0 Å². The molecule has 0 saturated heterocycles. The standard InChI is InChI=1S/C13H17N7O2/c1-18(7-9-5-15-19(2)8-9)13-14-6-11(20(21)22)12(17-13)16-10-3-4-10/h5-6,8,10H,3-4,7H2,1-2H3,(H,14,16,17). The lowest BCUT2D eigenvalue weighted by atomic mass is 10.3. The maximum Gasteiger partial charge on any atom is 0.329 e. The summed E-state index contributed by atoms with van der Waals surface area (Å²) in [6.45, 7) is 0.578. The van der Waals surface area contributed by atoms with Gasteiger partial charge in [-0.3, -0.25) is 14.8 Å². The number of rotatable bonds is 6. The van der Waals surface area contributed by atoms with Crippen LogP contribution in [0, 0.1) is 10.1 Å². The van der Waals surface area contributed by atoms with Crippen LogP contribution in [-0.2, 0) is 13.6 Å². The Morgan fingerprint density at radius 3 is 2.86 bits per heavy atom. The van der Waals surface area contributed by atoms with E-state index in [2.05, 4.69) is 20.4 Å². The number of aromatic nitrogens is 4. The second-order valence-corrected chi connectivity index (χ2v) is 5.46. The molecule has 9 nitrogen and oxygen atoms in total. The van der Waals surface area contributed by atoms with Crippen molar-refractivity contribution in [1.82, 2.24) is 19.7 Å². The quantitative estimate of drug-likeness (QED) is 0.634. The Morgan fingerprint density at radius 2 is 2.27 bits per heavy atom. The molecule has 0 aromatic carbocycles. The van der Waals surface area contributed by atoms with E-state index in [1.807, 2.05) is 25.2 Å². The molecule has 2 aromatic heterocycles. The molecular formula is C13H17N7O2. The third kappa shape index (κ3) is 3.13. The summed E-state index contributed by atoms with van der Waals surface area (Å²) in [5.74, 6) is 0.730. The maximum absolute atomic E-state index is 11.1. The first kappa shape index (κ1) is 14.2. The highest BCUT2D eigenvalue weighted by atomic mass is 16.6. The molecule has 116 valence electrons. The number of anilines is 2. The molecule has 0 spiro atoms. The zero-order valence-electron chi connectivity index (χ0n) is 12.4. The highest BCUT2D eigenvalue weighted by Crippen LogP contribution is 2.30. The van der Waals surface area contributed by atoms with Gasteiger partial charge in [0.1, 0.15) is 6.20 Å². The minimum Gasteiger partial charge on any atom is -0.361 e. The summed E-state index contributed by atoms with van der Waals surface area (Å²) in [5, 5.41) is 18.3. The molecule has 22 heavy (non-hydrogen) atoms. The lowest BCUT2D eigenvalue weighted by Gasteiger charge is -2.16. The van der Waals surface area contributed by atoms with Crippen molar-refractivity contribution in [1.29, 1.82) is 0 Å². The smallest absolute Gasteiger partial charge is 0.329 e. The first-order valence-corrected chi connectivity index (χ1v) is 6.99. The van der Waals surface area contributed by atoms with E-state index in [4.69, 9.17) is 0 Å². The zero-order valence-corrected chi connectivity index (χ0v) is 12.4. The fourth-order valence-corrected chi connectivity index (χ4v) is 2.11. The Hall–Kier alpha value is -2.71. The topological polar surface area (TPSA) is 102 Å². The number of nitro groups is 1. The molecule has 0 radical (unpaired) electrons. The van der Waals surface area contributed by atoms with Crippen LogP contribution in [0.15, 0.2) is 18.6 Å². The molecule has 0 unspecified atom stereocenters. The third-order valence-corrected chi connectivity index (χ3v) is 3.39. The van der Waals surface area contributed by atoms with E-state index in [-0.39, 0.29) is 17.5 Å². The minimum absolute atomic E-state index is 0.0922. The molecule has 9 heteroatoms. The molecule has 2 heterocycles. The van der Waals surface area contributed by atoms with Crippen LogP contribution >= 0.6 is 0 Å². The molecular weight excluding hydrogens is 286 g/mol. The molecule has 2 aromatic rings. The van der Waals surface area contributed by atoms with Crippen LogP contribution in [0.4, 0.5) is 17.5 Å². The number of hydrogen-bond acceptors (Lipinski definition) is 7. The highest BCUT2D eigenvalue weighted by Gasteiger charge is 2.27. The Labute approximate surface area is 127 Å². The van der Waals surface area contributed by atoms with E-state index >= 15 is 0 Å². The van der Waals surface area contributed by atoms with Crippen molar-refractivity contribution < 1.29 is 4.92 Å². The van der Waals surface area contributed by atoms with Gasteiger partial charge >= 0.3 is 5.69 Å². The van der Waals surface area contributed by atoms with Crippen molar-refractivity contribution in [2.75, 3.05) is 17.3 Å². The van der Waals surface area contributed by atoms with Gasteiger partial charge in [0.15, 0.2) is 0 Å². The van der Waals surface area contributed by atoms with E-state index in [9.17, 15) is 10.1 Å². The van der Waals surface area contributed by atoms with Crippen LogP contribution in [-0.4, -0.2) is 37.8 Å². The maximum atomic E-state index is 11.1. The Kier molecular flexibility index (Phi) is 3.61. The lowest BCUT2D eigenvalue weighted by molar-refractivity contribution is -0.384. The summed E-state index contributed by atoms with van der Waals surface area (Å²) in [7, 11) is 3.69. The molecule has 0 bridgehead atoms.